The summed E-state index contributed by atoms with van der Waals surface area (Å²) in [6.45, 7) is 3.53. The monoisotopic (exact) mass is 349 g/mol. The number of aliphatic hydroxyl groups excluding tert-OH is 1. The van der Waals surface area contributed by atoms with Crippen LogP contribution in [0.1, 0.15) is 24.8 Å². The van der Waals surface area contributed by atoms with Crippen LogP contribution < -0.4 is 0 Å². The highest BCUT2D eigenvalue weighted by Crippen LogP contribution is 2.34. The summed E-state index contributed by atoms with van der Waals surface area (Å²) in [5.74, 6) is -1.09. The molecule has 3 rings (SSSR count). The van der Waals surface area contributed by atoms with Gasteiger partial charge in [-0.25, -0.2) is 8.78 Å². The first-order valence-electron chi connectivity index (χ1n) is 8.85. The Morgan fingerprint density at radius 1 is 1.24 bits per heavy atom. The van der Waals surface area contributed by atoms with Gasteiger partial charge >= 0.3 is 0 Å². The first kappa shape index (κ1) is 18.0. The number of hydrogen-bond acceptors (Lipinski definition) is 3. The van der Waals surface area contributed by atoms with Gasteiger partial charge in [-0.05, 0) is 56.5 Å². The lowest BCUT2D eigenvalue weighted by Crippen LogP contribution is -2.47. The van der Waals surface area contributed by atoms with E-state index in [9.17, 15) is 13.9 Å². The summed E-state index contributed by atoms with van der Waals surface area (Å²) in [6.07, 6.45) is 6.97. The lowest BCUT2D eigenvalue weighted by molar-refractivity contribution is 0.0308. The van der Waals surface area contributed by atoms with Crippen LogP contribution in [0.5, 0.6) is 0 Å². The van der Waals surface area contributed by atoms with Crippen molar-refractivity contribution in [3.8, 4) is 0 Å². The summed E-state index contributed by atoms with van der Waals surface area (Å²) in [6, 6.07) is 5.62. The van der Waals surface area contributed by atoms with Crippen LogP contribution in [0.2, 0.25) is 0 Å². The Bertz CT molecular complexity index is 677. The molecule has 2 heterocycles. The van der Waals surface area contributed by atoms with E-state index >= 15 is 0 Å². The molecule has 1 aliphatic heterocycles. The fourth-order valence-corrected chi connectivity index (χ4v) is 3.79. The molecule has 6 heteroatoms. The van der Waals surface area contributed by atoms with E-state index in [0.29, 0.717) is 12.0 Å². The van der Waals surface area contributed by atoms with Crippen molar-refractivity contribution in [3.63, 3.8) is 0 Å². The topological polar surface area (TPSA) is 41.3 Å². The summed E-state index contributed by atoms with van der Waals surface area (Å²) >= 11 is 0. The fraction of sp³-hybridized carbons (Fsp3) is 0.526. The number of aryl methyl sites for hydroxylation is 1. The molecule has 1 atom stereocenters. The van der Waals surface area contributed by atoms with Gasteiger partial charge in [0.15, 0.2) is 0 Å². The van der Waals surface area contributed by atoms with E-state index in [0.717, 1.165) is 51.5 Å². The first-order chi connectivity index (χ1) is 12.1. The molecule has 2 aromatic rings. The predicted octanol–water partition coefficient (Wildman–Crippen LogP) is 2.87. The van der Waals surface area contributed by atoms with Crippen LogP contribution >= 0.6 is 0 Å². The zero-order valence-corrected chi connectivity index (χ0v) is 14.4. The number of halogens is 2. The minimum absolute atomic E-state index is 0.0134. The molecular formula is C19H25F2N3O. The molecule has 136 valence electrons. The van der Waals surface area contributed by atoms with Crippen LogP contribution in [0.25, 0.3) is 0 Å². The molecule has 0 unspecified atom stereocenters. The summed E-state index contributed by atoms with van der Waals surface area (Å²) in [7, 11) is 0. The fourth-order valence-electron chi connectivity index (χ4n) is 3.79. The second kappa shape index (κ2) is 8.06. The lowest BCUT2D eigenvalue weighted by atomic mass is 9.75. The van der Waals surface area contributed by atoms with Crippen LogP contribution in [-0.2, 0) is 13.0 Å². The number of piperidine rings is 1. The summed E-state index contributed by atoms with van der Waals surface area (Å²) in [5, 5.41) is 14.2. The summed E-state index contributed by atoms with van der Waals surface area (Å²) in [5.41, 5.74) is 0.122. The average molecular weight is 349 g/mol. The van der Waals surface area contributed by atoms with Crippen LogP contribution in [0.3, 0.4) is 0 Å². The highest BCUT2D eigenvalue weighted by atomic mass is 19.1. The molecule has 4 nitrogen and oxygen atoms in total. The van der Waals surface area contributed by atoms with Crippen molar-refractivity contribution in [1.82, 2.24) is 14.7 Å². The van der Waals surface area contributed by atoms with Gasteiger partial charge in [-0.2, -0.15) is 5.10 Å². The van der Waals surface area contributed by atoms with Crippen molar-refractivity contribution in [2.45, 2.75) is 32.2 Å². The van der Waals surface area contributed by atoms with Gasteiger partial charge in [-0.3, -0.25) is 4.68 Å². The van der Waals surface area contributed by atoms with Gasteiger partial charge in [0.25, 0.3) is 0 Å². The average Bonchev–Trinajstić information content (AvgIpc) is 3.11. The van der Waals surface area contributed by atoms with E-state index in [2.05, 4.69) is 10.00 Å². The summed E-state index contributed by atoms with van der Waals surface area (Å²) < 4.78 is 29.1. The second-order valence-electron chi connectivity index (χ2n) is 7.07. The highest BCUT2D eigenvalue weighted by Gasteiger charge is 2.35. The van der Waals surface area contributed by atoms with Gasteiger partial charge in [0.05, 0.1) is 6.61 Å². The first-order valence-corrected chi connectivity index (χ1v) is 8.85. The van der Waals surface area contributed by atoms with Gasteiger partial charge in [-0.15, -0.1) is 0 Å². The number of hydrogen-bond donors (Lipinski definition) is 1. The van der Waals surface area contributed by atoms with Crippen LogP contribution in [0.15, 0.2) is 36.7 Å². The van der Waals surface area contributed by atoms with Crippen molar-refractivity contribution in [3.05, 3.63) is 53.9 Å². The van der Waals surface area contributed by atoms with E-state index in [1.165, 1.54) is 12.1 Å². The third-order valence-electron chi connectivity index (χ3n) is 5.08. The van der Waals surface area contributed by atoms with Gasteiger partial charge in [0.1, 0.15) is 11.6 Å². The number of likely N-dealkylation sites (tertiary alicyclic amines) is 1. The van der Waals surface area contributed by atoms with E-state index in [4.69, 9.17) is 0 Å². The Morgan fingerprint density at radius 2 is 2.12 bits per heavy atom. The number of benzene rings is 1. The molecule has 0 amide bonds. The molecule has 1 N–H and O–H groups in total. The van der Waals surface area contributed by atoms with Crippen molar-refractivity contribution in [2.75, 3.05) is 26.2 Å². The highest BCUT2D eigenvalue weighted by molar-refractivity contribution is 5.20. The maximum atomic E-state index is 14.0. The molecular weight excluding hydrogens is 324 g/mol. The van der Waals surface area contributed by atoms with E-state index in [-0.39, 0.29) is 12.0 Å². The molecule has 1 fully saturated rings. The standard InChI is InChI=1S/C19H25F2N3O/c20-17-5-4-16(18(21)12-17)13-19(15-25)6-1-8-23(14-19)9-3-11-24-10-2-7-22-24/h2,4-5,7,10,12,25H,1,3,6,8-9,11,13-15H2/t19-/m0/s1. The number of nitrogens with zero attached hydrogens (tertiary/aromatic N) is 3. The molecule has 0 saturated carbocycles. The van der Waals surface area contributed by atoms with Crippen LogP contribution in [0.4, 0.5) is 8.78 Å². The van der Waals surface area contributed by atoms with E-state index in [1.54, 1.807) is 6.20 Å². The molecule has 1 aromatic carbocycles. The zero-order chi connectivity index (χ0) is 17.7. The zero-order valence-electron chi connectivity index (χ0n) is 14.4. The normalized spacial score (nSPS) is 21.6. The molecule has 0 radical (unpaired) electrons. The Balaban J connectivity index is 1.60. The molecule has 1 saturated heterocycles. The third-order valence-corrected chi connectivity index (χ3v) is 5.08. The van der Waals surface area contributed by atoms with Crippen molar-refractivity contribution in [1.29, 1.82) is 0 Å². The van der Waals surface area contributed by atoms with E-state index in [1.807, 2.05) is 16.9 Å². The van der Waals surface area contributed by atoms with Gasteiger partial charge in [0, 0.05) is 37.0 Å². The van der Waals surface area contributed by atoms with Crippen molar-refractivity contribution >= 4 is 0 Å². The Kier molecular flexibility index (Phi) is 5.81. The van der Waals surface area contributed by atoms with E-state index < -0.39 is 11.6 Å². The van der Waals surface area contributed by atoms with Gasteiger partial charge < -0.3 is 10.0 Å². The molecule has 0 bridgehead atoms. The lowest BCUT2D eigenvalue weighted by Gasteiger charge is -2.42. The van der Waals surface area contributed by atoms with Gasteiger partial charge in [-0.1, -0.05) is 6.07 Å². The van der Waals surface area contributed by atoms with Gasteiger partial charge in [0.2, 0.25) is 0 Å². The maximum Gasteiger partial charge on any atom is 0.129 e. The number of aromatic nitrogens is 2. The SMILES string of the molecule is OC[C@]1(Cc2ccc(F)cc2F)CCCN(CCCn2cccn2)C1. The third kappa shape index (κ3) is 4.64. The molecule has 0 spiro atoms. The largest absolute Gasteiger partial charge is 0.396 e. The smallest absolute Gasteiger partial charge is 0.129 e. The molecule has 1 aromatic heterocycles. The molecule has 1 aliphatic rings. The molecule has 0 aliphatic carbocycles. The second-order valence-corrected chi connectivity index (χ2v) is 7.07. The minimum Gasteiger partial charge on any atom is -0.396 e. The Hall–Kier alpha value is -1.79. The number of rotatable bonds is 7. The molecule has 25 heavy (non-hydrogen) atoms. The van der Waals surface area contributed by atoms with Crippen molar-refractivity contribution < 1.29 is 13.9 Å². The predicted molar refractivity (Wildman–Crippen MR) is 92.1 cm³/mol. The van der Waals surface area contributed by atoms with Crippen LogP contribution in [-0.4, -0.2) is 46.0 Å². The van der Waals surface area contributed by atoms with Crippen LogP contribution in [0, 0.1) is 17.0 Å². The number of aliphatic hydroxyl groups is 1. The Morgan fingerprint density at radius 3 is 2.84 bits per heavy atom. The minimum atomic E-state index is -0.566. The summed E-state index contributed by atoms with van der Waals surface area (Å²) in [4.78, 5) is 2.34. The Labute approximate surface area is 147 Å². The maximum absolute atomic E-state index is 14.0. The quantitative estimate of drug-likeness (QED) is 0.836. The van der Waals surface area contributed by atoms with Crippen molar-refractivity contribution in [2.24, 2.45) is 5.41 Å².